The van der Waals surface area contributed by atoms with Crippen LogP contribution in [0.5, 0.6) is 0 Å². The summed E-state index contributed by atoms with van der Waals surface area (Å²) in [6, 6.07) is 10.8. The first-order chi connectivity index (χ1) is 16.4. The molecule has 2 N–H and O–H groups in total. The molecular weight excluding hydrogens is 575 g/mol. The van der Waals surface area contributed by atoms with Crippen LogP contribution in [0.4, 0.5) is 11.4 Å². The van der Waals surface area contributed by atoms with Gasteiger partial charge in [0.25, 0.3) is 10.1 Å². The third-order valence-electron chi connectivity index (χ3n) is 6.39. The summed E-state index contributed by atoms with van der Waals surface area (Å²) in [7, 11) is -8.45. The van der Waals surface area contributed by atoms with Crippen LogP contribution in [0.15, 0.2) is 57.3 Å². The Bertz CT molecular complexity index is 1450. The molecule has 3 aliphatic heterocycles. The molecule has 5 rings (SSSR count). The molecule has 3 aliphatic rings. The molecule has 0 aromatic heterocycles. The summed E-state index contributed by atoms with van der Waals surface area (Å²) in [5.74, 6) is -0.378. The van der Waals surface area contributed by atoms with E-state index in [4.69, 9.17) is 23.2 Å². The van der Waals surface area contributed by atoms with Crippen molar-refractivity contribution in [3.8, 4) is 0 Å². The van der Waals surface area contributed by atoms with Crippen LogP contribution in [-0.4, -0.2) is 55.5 Å². The monoisotopic (exact) mass is 595 g/mol. The van der Waals surface area contributed by atoms with Gasteiger partial charge in [0, 0.05) is 33.6 Å². The fourth-order valence-electron chi connectivity index (χ4n) is 4.82. The molecule has 0 aliphatic carbocycles. The zero-order chi connectivity index (χ0) is 25.2. The highest BCUT2D eigenvalue weighted by Gasteiger charge is 2.62. The molecule has 3 heterocycles. The Balaban J connectivity index is 1.56. The lowest BCUT2D eigenvalue weighted by Crippen LogP contribution is -2.67. The zero-order valence-electron chi connectivity index (χ0n) is 18.0. The van der Waals surface area contributed by atoms with Gasteiger partial charge in [-0.15, -0.1) is 0 Å². The zero-order valence-corrected chi connectivity index (χ0v) is 22.8. The first-order valence-corrected chi connectivity index (χ1v) is 16.2. The first-order valence-electron chi connectivity index (χ1n) is 10.6. The number of anilines is 1. The maximum Gasteiger partial charge on any atom is 0.320 e. The number of nitrogens with zero attached hydrogens (tertiary/aromatic N) is 2. The Hall–Kier alpha value is -0.960. The van der Waals surface area contributed by atoms with Crippen molar-refractivity contribution >= 4 is 78.3 Å². The van der Waals surface area contributed by atoms with Crippen LogP contribution in [0.1, 0.15) is 12.8 Å². The van der Waals surface area contributed by atoms with Crippen molar-refractivity contribution in [1.29, 1.82) is 0 Å². The fourth-order valence-corrected chi connectivity index (χ4v) is 9.60. The van der Waals surface area contributed by atoms with Crippen LogP contribution < -0.4 is 9.38 Å². The highest BCUT2D eigenvalue weighted by atomic mass is 35.5. The number of benzene rings is 2. The third kappa shape index (κ3) is 4.73. The van der Waals surface area contributed by atoms with Crippen LogP contribution in [-0.2, 0) is 20.2 Å². The molecule has 3 unspecified atom stereocenters. The Morgan fingerprint density at radius 3 is 2.37 bits per heavy atom. The third-order valence-corrected chi connectivity index (χ3v) is 11.4. The molecule has 1 fully saturated rings. The molecule has 0 saturated carbocycles. The SMILES string of the molecule is O=S(=O)(O)CCCN1c2cc(Cl)ccc2SC1/C=C1\Sc2ccc(Cl)cc2[N+]12CCC2S(=O)(=O)O. The maximum absolute atomic E-state index is 12.3. The summed E-state index contributed by atoms with van der Waals surface area (Å²) < 4.78 is 66.4. The quantitative estimate of drug-likeness (QED) is 0.348. The van der Waals surface area contributed by atoms with Gasteiger partial charge in [-0.1, -0.05) is 35.0 Å². The van der Waals surface area contributed by atoms with E-state index in [0.717, 1.165) is 26.2 Å². The predicted molar refractivity (Wildman–Crippen MR) is 141 cm³/mol. The van der Waals surface area contributed by atoms with Crippen LogP contribution in [0.3, 0.4) is 0 Å². The Labute approximate surface area is 222 Å². The normalized spacial score (nSPS) is 26.7. The molecule has 35 heavy (non-hydrogen) atoms. The number of hydrogen-bond donors (Lipinski definition) is 2. The topological polar surface area (TPSA) is 112 Å². The van der Waals surface area contributed by atoms with Crippen LogP contribution >= 0.6 is 46.7 Å². The lowest BCUT2D eigenvalue weighted by molar-refractivity contribution is 0.204. The summed E-state index contributed by atoms with van der Waals surface area (Å²) in [4.78, 5) is 3.82. The fraction of sp³-hybridized carbons (Fsp3) is 0.333. The van der Waals surface area contributed by atoms with Crippen LogP contribution in [0.25, 0.3) is 0 Å². The standard InChI is InChI=1S/C21H20Cl2N2O6S4/c22-13-2-4-17-15(10-13)24(7-1-9-34(26,27)28)19(32-17)12-20-25(8-6-21(25)35(29,30)31)16-11-14(23)3-5-18(16)33-20/h2-5,10-12,19,21H,1,6-9H2,(H-,26,27,28,29,30,31)/p+1/b20-12-. The molecule has 0 amide bonds. The smallest absolute Gasteiger partial charge is 0.320 e. The number of hydrogen-bond acceptors (Lipinski definition) is 7. The van der Waals surface area contributed by atoms with Gasteiger partial charge in [0.05, 0.1) is 29.3 Å². The molecule has 8 nitrogen and oxygen atoms in total. The minimum atomic E-state index is -4.34. The van der Waals surface area contributed by atoms with Crippen molar-refractivity contribution in [2.45, 2.75) is 33.4 Å². The number of quaternary nitrogens is 1. The van der Waals surface area contributed by atoms with Crippen molar-refractivity contribution in [2.24, 2.45) is 0 Å². The molecule has 3 atom stereocenters. The molecule has 2 aromatic carbocycles. The molecule has 0 bridgehead atoms. The van der Waals surface area contributed by atoms with E-state index in [1.807, 2.05) is 23.1 Å². The van der Waals surface area contributed by atoms with Gasteiger partial charge in [0.1, 0.15) is 5.37 Å². The average molecular weight is 597 g/mol. The van der Waals surface area contributed by atoms with E-state index in [2.05, 4.69) is 0 Å². The van der Waals surface area contributed by atoms with E-state index in [9.17, 15) is 25.9 Å². The van der Waals surface area contributed by atoms with Gasteiger partial charge in [-0.3, -0.25) is 9.11 Å². The molecule has 2 aromatic rings. The van der Waals surface area contributed by atoms with Gasteiger partial charge in [-0.05, 0) is 48.5 Å². The second kappa shape index (κ2) is 9.10. The van der Waals surface area contributed by atoms with Crippen molar-refractivity contribution in [1.82, 2.24) is 4.48 Å². The summed E-state index contributed by atoms with van der Waals surface area (Å²) in [5.41, 5.74) is 1.58. The van der Waals surface area contributed by atoms with Crippen molar-refractivity contribution in [2.75, 3.05) is 23.7 Å². The van der Waals surface area contributed by atoms with E-state index < -0.39 is 25.6 Å². The molecule has 1 saturated heterocycles. The largest absolute Gasteiger partial charge is 0.354 e. The second-order valence-electron chi connectivity index (χ2n) is 8.52. The summed E-state index contributed by atoms with van der Waals surface area (Å²) in [5, 5.41) is 0.458. The summed E-state index contributed by atoms with van der Waals surface area (Å²) in [6.07, 6.45) is 2.48. The average Bonchev–Trinajstić information content (AvgIpc) is 3.21. The highest BCUT2D eigenvalue weighted by molar-refractivity contribution is 8.04. The van der Waals surface area contributed by atoms with E-state index in [1.165, 1.54) is 11.8 Å². The molecule has 0 radical (unpaired) electrons. The van der Waals surface area contributed by atoms with Gasteiger partial charge < -0.3 is 4.90 Å². The Kier molecular flexibility index (Phi) is 6.68. The van der Waals surface area contributed by atoms with Gasteiger partial charge in [0.15, 0.2) is 10.7 Å². The molecule has 1 spiro atoms. The maximum atomic E-state index is 12.3. The minimum Gasteiger partial charge on any atom is -0.354 e. The predicted octanol–water partition coefficient (Wildman–Crippen LogP) is 5.08. The van der Waals surface area contributed by atoms with Gasteiger partial charge in [-0.2, -0.15) is 16.8 Å². The number of thioether (sulfide) groups is 2. The Morgan fingerprint density at radius 1 is 1.06 bits per heavy atom. The second-order valence-corrected chi connectivity index (χ2v) is 14.8. The van der Waals surface area contributed by atoms with Gasteiger partial charge in [-0.25, -0.2) is 4.48 Å². The van der Waals surface area contributed by atoms with Crippen LogP contribution in [0, 0.1) is 0 Å². The molecular formula is C21H21Cl2N2O6S4+. The Morgan fingerprint density at radius 2 is 1.74 bits per heavy atom. The van der Waals surface area contributed by atoms with Crippen molar-refractivity contribution in [3.63, 3.8) is 0 Å². The lowest BCUT2D eigenvalue weighted by Gasteiger charge is -2.47. The van der Waals surface area contributed by atoms with Gasteiger partial charge in [0.2, 0.25) is 5.37 Å². The van der Waals surface area contributed by atoms with Crippen LogP contribution in [0.2, 0.25) is 10.0 Å². The lowest BCUT2D eigenvalue weighted by atomic mass is 10.1. The van der Waals surface area contributed by atoms with Gasteiger partial charge >= 0.3 is 10.1 Å². The highest BCUT2D eigenvalue weighted by Crippen LogP contribution is 2.59. The van der Waals surface area contributed by atoms with Crippen molar-refractivity contribution < 1.29 is 25.9 Å². The molecule has 14 heteroatoms. The number of halogens is 2. The molecule has 188 valence electrons. The number of rotatable bonds is 6. The first kappa shape index (κ1) is 25.7. The number of fused-ring (bicyclic) bond motifs is 3. The van der Waals surface area contributed by atoms with E-state index in [-0.39, 0.29) is 22.0 Å². The van der Waals surface area contributed by atoms with Crippen molar-refractivity contribution in [3.05, 3.63) is 57.5 Å². The van der Waals surface area contributed by atoms with E-state index >= 15 is 0 Å². The summed E-state index contributed by atoms with van der Waals surface area (Å²) >= 11 is 15.5. The minimum absolute atomic E-state index is 0.0214. The van der Waals surface area contributed by atoms with E-state index in [1.54, 1.807) is 36.0 Å². The summed E-state index contributed by atoms with van der Waals surface area (Å²) in [6.45, 7) is 0.829. The van der Waals surface area contributed by atoms with E-state index in [0.29, 0.717) is 29.6 Å².